The molecule has 0 unspecified atom stereocenters. The summed E-state index contributed by atoms with van der Waals surface area (Å²) in [5.74, 6) is -1.87. The highest BCUT2D eigenvalue weighted by molar-refractivity contribution is 6.06. The number of non-ortho nitro benzene ring substituents is 1. The first-order valence-electron chi connectivity index (χ1n) is 5.14. The molecule has 0 saturated heterocycles. The summed E-state index contributed by atoms with van der Waals surface area (Å²) in [6.45, 7) is 0. The summed E-state index contributed by atoms with van der Waals surface area (Å²) in [5, 5.41) is 20.1. The Kier molecular flexibility index (Phi) is 2.18. The van der Waals surface area contributed by atoms with Crippen LogP contribution in [0.25, 0.3) is 22.0 Å². The molecular weight excluding hydrogens is 254 g/mol. The first kappa shape index (κ1) is 11.1. The van der Waals surface area contributed by atoms with E-state index in [1.54, 1.807) is 6.07 Å². The zero-order valence-corrected chi connectivity index (χ0v) is 9.23. The van der Waals surface area contributed by atoms with Gasteiger partial charge in [-0.2, -0.15) is 0 Å². The van der Waals surface area contributed by atoms with Crippen molar-refractivity contribution >= 4 is 33.7 Å². The van der Waals surface area contributed by atoms with Gasteiger partial charge in [0.15, 0.2) is 5.58 Å². The van der Waals surface area contributed by atoms with Crippen molar-refractivity contribution < 1.29 is 19.2 Å². The molecule has 0 fully saturated rings. The third-order valence-corrected chi connectivity index (χ3v) is 2.61. The van der Waals surface area contributed by atoms with Gasteiger partial charge in [0.1, 0.15) is 11.0 Å². The largest absolute Gasteiger partial charge is 0.474 e. The number of nitro benzene ring substituents is 1. The lowest BCUT2D eigenvalue weighted by Crippen LogP contribution is -1.94. The number of nitrogens with zero attached hydrogens (tertiary/aromatic N) is 3. The van der Waals surface area contributed by atoms with E-state index in [0.29, 0.717) is 0 Å². The van der Waals surface area contributed by atoms with Gasteiger partial charge in [-0.3, -0.25) is 15.1 Å². The Morgan fingerprint density at radius 1 is 1.47 bits per heavy atom. The Morgan fingerprint density at radius 3 is 2.95 bits per heavy atom. The third-order valence-electron chi connectivity index (χ3n) is 2.61. The molecule has 1 aromatic carbocycles. The summed E-state index contributed by atoms with van der Waals surface area (Å²) in [6, 6.07) is 4.24. The van der Waals surface area contributed by atoms with E-state index in [4.69, 9.17) is 9.52 Å². The van der Waals surface area contributed by atoms with Crippen molar-refractivity contribution in [2.45, 2.75) is 0 Å². The molecular formula is C11H5N3O5. The molecule has 0 spiro atoms. The van der Waals surface area contributed by atoms with E-state index < -0.39 is 16.8 Å². The normalized spacial score (nSPS) is 10.9. The van der Waals surface area contributed by atoms with Crippen LogP contribution >= 0.6 is 0 Å². The second-order valence-corrected chi connectivity index (χ2v) is 3.72. The van der Waals surface area contributed by atoms with Gasteiger partial charge in [0.05, 0.1) is 10.3 Å². The molecule has 0 atom stereocenters. The lowest BCUT2D eigenvalue weighted by Gasteiger charge is -1.98. The lowest BCUT2D eigenvalue weighted by molar-refractivity contribution is -0.383. The molecule has 1 N–H and O–H groups in total. The average Bonchev–Trinajstić information content (AvgIpc) is 2.81. The molecule has 8 heteroatoms. The predicted molar refractivity (Wildman–Crippen MR) is 62.9 cm³/mol. The third kappa shape index (κ3) is 1.58. The first-order chi connectivity index (χ1) is 9.08. The molecule has 0 aliphatic carbocycles. The van der Waals surface area contributed by atoms with E-state index in [1.165, 1.54) is 18.3 Å². The highest BCUT2D eigenvalue weighted by Gasteiger charge is 2.21. The van der Waals surface area contributed by atoms with Gasteiger partial charge in [-0.1, -0.05) is 0 Å². The second kappa shape index (κ2) is 3.73. The minimum atomic E-state index is -1.34. The maximum Gasteiger partial charge on any atom is 0.392 e. The molecule has 0 radical (unpaired) electrons. The molecule has 2 heterocycles. The summed E-state index contributed by atoms with van der Waals surface area (Å²) >= 11 is 0. The van der Waals surface area contributed by atoms with Crippen LogP contribution in [0, 0.1) is 10.1 Å². The van der Waals surface area contributed by atoms with E-state index in [-0.39, 0.29) is 27.7 Å². The van der Waals surface area contributed by atoms with Crippen molar-refractivity contribution in [2.75, 3.05) is 0 Å². The number of hydrogen-bond donors (Lipinski definition) is 1. The number of aromatic carboxylic acids is 1. The van der Waals surface area contributed by atoms with Crippen molar-refractivity contribution in [3.8, 4) is 0 Å². The van der Waals surface area contributed by atoms with Gasteiger partial charge in [0.25, 0.3) is 5.69 Å². The van der Waals surface area contributed by atoms with Crippen LogP contribution in [-0.4, -0.2) is 26.0 Å². The minimum Gasteiger partial charge on any atom is -0.474 e. The van der Waals surface area contributed by atoms with Crippen LogP contribution in [0.15, 0.2) is 28.8 Å². The van der Waals surface area contributed by atoms with Gasteiger partial charge >= 0.3 is 11.9 Å². The fourth-order valence-corrected chi connectivity index (χ4v) is 1.84. The number of carboxylic acids is 1. The first-order valence-corrected chi connectivity index (χ1v) is 5.14. The zero-order chi connectivity index (χ0) is 13.6. The van der Waals surface area contributed by atoms with Crippen LogP contribution in [-0.2, 0) is 0 Å². The highest BCUT2D eigenvalue weighted by Crippen LogP contribution is 2.32. The fraction of sp³-hybridized carbons (Fsp3) is 0. The number of fused-ring (bicyclic) bond motifs is 3. The number of hydrogen-bond acceptors (Lipinski definition) is 6. The molecule has 19 heavy (non-hydrogen) atoms. The van der Waals surface area contributed by atoms with Gasteiger partial charge in [0.2, 0.25) is 0 Å². The van der Waals surface area contributed by atoms with Gasteiger partial charge in [0, 0.05) is 12.3 Å². The van der Waals surface area contributed by atoms with Gasteiger partial charge in [-0.25, -0.2) is 9.78 Å². The number of carbonyl (C=O) groups is 1. The Balaban J connectivity index is 2.50. The van der Waals surface area contributed by atoms with E-state index in [1.807, 2.05) is 0 Å². The summed E-state index contributed by atoms with van der Waals surface area (Å²) in [6.07, 6.45) is 1.44. The Labute approximate surface area is 104 Å². The number of benzene rings is 1. The summed E-state index contributed by atoms with van der Waals surface area (Å²) in [7, 11) is 0. The topological polar surface area (TPSA) is 119 Å². The second-order valence-electron chi connectivity index (χ2n) is 3.72. The van der Waals surface area contributed by atoms with E-state index in [2.05, 4.69) is 9.97 Å². The van der Waals surface area contributed by atoms with Crippen LogP contribution < -0.4 is 0 Å². The number of rotatable bonds is 2. The molecule has 0 aliphatic heterocycles. The predicted octanol–water partition coefficient (Wildman–Crippen LogP) is 1.98. The van der Waals surface area contributed by atoms with E-state index >= 15 is 0 Å². The maximum atomic E-state index is 11.0. The van der Waals surface area contributed by atoms with Crippen LogP contribution in [0.4, 0.5) is 5.69 Å². The van der Waals surface area contributed by atoms with Gasteiger partial charge < -0.3 is 9.52 Å². The van der Waals surface area contributed by atoms with Crippen LogP contribution in [0.5, 0.6) is 0 Å². The monoisotopic (exact) mass is 259 g/mol. The minimum absolute atomic E-state index is 0.0929. The molecule has 2 aromatic heterocycles. The number of carboxylic acid groups (broad SMARTS) is 1. The van der Waals surface area contributed by atoms with Crippen molar-refractivity contribution in [3.63, 3.8) is 0 Å². The standard InChI is InChI=1S/C11H5N3O5/c15-11(16)10-13-6-4-7(14(17)18)5-2-1-3-12-8(5)9(6)19-10/h1-4H,(H,15,16). The molecule has 0 saturated carbocycles. The molecule has 0 bridgehead atoms. The van der Waals surface area contributed by atoms with Crippen molar-refractivity contribution in [1.29, 1.82) is 0 Å². The number of nitro groups is 1. The van der Waals surface area contributed by atoms with Crippen molar-refractivity contribution in [1.82, 2.24) is 9.97 Å². The van der Waals surface area contributed by atoms with Crippen LogP contribution in [0.3, 0.4) is 0 Å². The molecule has 3 aromatic rings. The lowest BCUT2D eigenvalue weighted by atomic mass is 10.1. The van der Waals surface area contributed by atoms with E-state index in [9.17, 15) is 14.9 Å². The zero-order valence-electron chi connectivity index (χ0n) is 9.23. The number of aromatic nitrogens is 2. The summed E-state index contributed by atoms with van der Waals surface area (Å²) in [5.41, 5.74) is 0.237. The van der Waals surface area contributed by atoms with Gasteiger partial charge in [-0.15, -0.1) is 0 Å². The molecule has 0 aliphatic rings. The molecule has 8 nitrogen and oxygen atoms in total. The Hall–Kier alpha value is -3.03. The summed E-state index contributed by atoms with van der Waals surface area (Å²) in [4.78, 5) is 28.9. The highest BCUT2D eigenvalue weighted by atomic mass is 16.6. The quantitative estimate of drug-likeness (QED) is 0.551. The molecule has 3 rings (SSSR count). The van der Waals surface area contributed by atoms with E-state index in [0.717, 1.165) is 0 Å². The Morgan fingerprint density at radius 2 is 2.26 bits per heavy atom. The average molecular weight is 259 g/mol. The van der Waals surface area contributed by atoms with Crippen molar-refractivity contribution in [2.24, 2.45) is 0 Å². The van der Waals surface area contributed by atoms with Crippen molar-refractivity contribution in [3.05, 3.63) is 40.4 Å². The van der Waals surface area contributed by atoms with Crippen LogP contribution in [0.2, 0.25) is 0 Å². The fourth-order valence-electron chi connectivity index (χ4n) is 1.84. The number of oxazole rings is 1. The maximum absolute atomic E-state index is 11.0. The van der Waals surface area contributed by atoms with Crippen LogP contribution in [0.1, 0.15) is 10.7 Å². The SMILES string of the molecule is O=C(O)c1nc2cc([N+](=O)[O-])c3cccnc3c2o1. The summed E-state index contributed by atoms with van der Waals surface area (Å²) < 4.78 is 5.08. The number of pyridine rings is 1. The smallest absolute Gasteiger partial charge is 0.392 e. The molecule has 0 amide bonds. The Bertz CT molecular complexity index is 839. The molecule has 94 valence electrons. The van der Waals surface area contributed by atoms with Gasteiger partial charge in [-0.05, 0) is 12.1 Å².